The molecule has 3 fully saturated rings. The second-order valence-electron chi connectivity index (χ2n) is 30.1. The van der Waals surface area contributed by atoms with Gasteiger partial charge in [0.25, 0.3) is 27.8 Å². The molecule has 0 bridgehead atoms. The van der Waals surface area contributed by atoms with Crippen molar-refractivity contribution in [3.63, 3.8) is 0 Å². The number of nitrogens with one attached hydrogen (secondary N) is 3. The van der Waals surface area contributed by atoms with E-state index in [0.29, 0.717) is 195 Å². The van der Waals surface area contributed by atoms with Crippen molar-refractivity contribution in [3.8, 4) is 34.5 Å². The maximum Gasteiger partial charge on any atom is 0.303 e. The van der Waals surface area contributed by atoms with Crippen LogP contribution in [0.25, 0.3) is 33.5 Å². The van der Waals surface area contributed by atoms with E-state index in [2.05, 4.69) is 92.2 Å². The number of H-pyrrole nitrogens is 2. The zero-order chi connectivity index (χ0) is 88.8. The molecule has 3 saturated heterocycles. The number of carbonyl (C=O) groups excluding carboxylic acids is 6. The number of hydrogen-bond acceptors (Lipinski definition) is 32. The molecule has 6 aliphatic rings. The highest BCUT2D eigenvalue weighted by molar-refractivity contribution is 9.11. The molecule has 0 spiro atoms. The lowest BCUT2D eigenvalue weighted by molar-refractivity contribution is -0.158. The number of anilines is 2. The molecule has 43 heteroatoms. The number of imidazole rings is 3. The molecule has 7 N–H and O–H groups in total. The maximum absolute atomic E-state index is 12.6. The van der Waals surface area contributed by atoms with Gasteiger partial charge in [-0.3, -0.25) is 38.4 Å². The Morgan fingerprint density at radius 2 is 0.928 bits per heavy atom. The van der Waals surface area contributed by atoms with Gasteiger partial charge in [-0.1, -0.05) is 53.0 Å². The topological polar surface area (TPSA) is 459 Å². The zero-order valence-electron chi connectivity index (χ0n) is 69.5. The highest BCUT2D eigenvalue weighted by atomic mass is 79.9. The first kappa shape index (κ1) is 92.6. The number of aromatic amines is 2. The fourth-order valence-electron chi connectivity index (χ4n) is 14.7. The van der Waals surface area contributed by atoms with E-state index in [1.165, 1.54) is 68.7 Å². The summed E-state index contributed by atoms with van der Waals surface area (Å²) in [6.45, 7) is 19.0. The summed E-state index contributed by atoms with van der Waals surface area (Å²) in [6, 6.07) is 18.1. The van der Waals surface area contributed by atoms with E-state index in [9.17, 15) is 37.2 Å². The Labute approximate surface area is 757 Å². The molecule has 3 atom stereocenters. The van der Waals surface area contributed by atoms with Crippen LogP contribution in [0.3, 0.4) is 0 Å². The second kappa shape index (κ2) is 42.5. The zero-order valence-corrected chi connectivity index (χ0v) is 77.5. The Morgan fingerprint density at radius 1 is 0.520 bits per heavy atom. The van der Waals surface area contributed by atoms with Gasteiger partial charge in [0.15, 0.2) is 108 Å². The monoisotopic (exact) mass is 1980 g/mol. The number of nitrogens with two attached hydrogens (primary N) is 2. The van der Waals surface area contributed by atoms with Crippen LogP contribution in [-0.2, 0) is 70.4 Å². The van der Waals surface area contributed by atoms with Gasteiger partial charge in [-0.25, -0.2) is 39.9 Å². The number of halogens is 3. The van der Waals surface area contributed by atoms with Crippen molar-refractivity contribution in [2.45, 2.75) is 173 Å². The van der Waals surface area contributed by atoms with Gasteiger partial charge < -0.3 is 87.9 Å². The summed E-state index contributed by atoms with van der Waals surface area (Å²) in [5, 5.41) is 10.4. The minimum atomic E-state index is -3.74. The highest BCUT2D eigenvalue weighted by Crippen LogP contribution is 2.46. The van der Waals surface area contributed by atoms with Crippen LogP contribution in [0.2, 0.25) is 0 Å². The van der Waals surface area contributed by atoms with Gasteiger partial charge in [0, 0.05) is 101 Å². The van der Waals surface area contributed by atoms with E-state index in [0.717, 1.165) is 102 Å². The van der Waals surface area contributed by atoms with E-state index in [1.807, 2.05) is 47.9 Å². The number of nitrogens with zero attached hydrogens (tertiary/aromatic N) is 13. The van der Waals surface area contributed by atoms with Crippen molar-refractivity contribution in [2.24, 2.45) is 17.8 Å². The van der Waals surface area contributed by atoms with Gasteiger partial charge in [-0.15, -0.1) is 0 Å². The number of piperidine rings is 3. The van der Waals surface area contributed by atoms with Crippen LogP contribution in [0.4, 0.5) is 11.6 Å². The predicted molar refractivity (Wildman–Crippen MR) is 471 cm³/mol. The number of carbonyl (C=O) groups is 6. The molecule has 125 heavy (non-hydrogen) atoms. The lowest BCUT2D eigenvalue weighted by Crippen LogP contribution is -2.44. The Morgan fingerprint density at radius 3 is 1.38 bits per heavy atom. The minimum Gasteiger partial charge on any atom is -0.486 e. The smallest absolute Gasteiger partial charge is 0.303 e. The molecule has 16 rings (SSSR count). The van der Waals surface area contributed by atoms with E-state index in [4.69, 9.17) is 73.7 Å². The molecule has 6 aromatic heterocycles. The van der Waals surface area contributed by atoms with E-state index in [-0.39, 0.29) is 34.7 Å². The quantitative estimate of drug-likeness (QED) is 0.0225. The number of ether oxygens (including phenoxy) is 9. The summed E-state index contributed by atoms with van der Waals surface area (Å²) in [7, 11) is -3.74. The molecular formula is C82H95Br3N18O18S4. The maximum atomic E-state index is 12.6. The average Bonchev–Trinajstić information content (AvgIpc) is 1.77. The molecule has 6 aliphatic heterocycles. The predicted octanol–water partition coefficient (Wildman–Crippen LogP) is 12.1. The highest BCUT2D eigenvalue weighted by Gasteiger charge is 2.33. The molecule has 0 radical (unpaired) electrons. The van der Waals surface area contributed by atoms with Crippen LogP contribution >= 0.6 is 83.1 Å². The van der Waals surface area contributed by atoms with Crippen molar-refractivity contribution in [1.82, 2.24) is 73.7 Å². The number of fused-ring (bicyclic) bond motifs is 6. The number of aryl methyl sites for hydroxylation is 3. The first-order chi connectivity index (χ1) is 60.0. The second-order valence-corrected chi connectivity index (χ2v) is 37.4. The van der Waals surface area contributed by atoms with Gasteiger partial charge in [-0.2, -0.15) is 8.42 Å². The Hall–Kier alpha value is -10.1. The third-order valence-electron chi connectivity index (χ3n) is 21.2. The Bertz CT molecular complexity index is 5770. The Balaban J connectivity index is 0.000000146. The number of benzene rings is 4. The number of esters is 3. The number of likely N-dealkylation sites (tertiary alicyclic amines) is 3. The summed E-state index contributed by atoms with van der Waals surface area (Å²) in [6.07, 6.45) is 9.70. The van der Waals surface area contributed by atoms with Crippen LogP contribution in [-0.4, -0.2) is 222 Å². The van der Waals surface area contributed by atoms with E-state index < -0.39 is 46.3 Å². The van der Waals surface area contributed by atoms with Gasteiger partial charge >= 0.3 is 17.9 Å². The lowest BCUT2D eigenvalue weighted by atomic mass is 9.93. The van der Waals surface area contributed by atoms with Crippen LogP contribution in [0, 0.1) is 30.1 Å². The van der Waals surface area contributed by atoms with Crippen molar-refractivity contribution in [1.29, 1.82) is 5.41 Å². The lowest BCUT2D eigenvalue weighted by Gasteiger charge is -2.33. The number of aromatic nitrogens is 12. The van der Waals surface area contributed by atoms with Crippen molar-refractivity contribution in [2.75, 3.05) is 97.0 Å². The fourth-order valence-corrected chi connectivity index (χ4v) is 19.9. The standard InChI is InChI=1S/2C25H29BrN6O5S.C19H27NO6S.C13H10BrN5O2S/c1-14(37-15(2)33)24(34)31-6-3-16(4-7-31)5-8-32-13-28-22(27)21-23(32)30-25(29-21)38-20-12-19-18(11-17(20)26)35-9-10-36-19;1-14(37-15(2)33)24(34)31-6-3-16(4-7-31)5-8-32-23-21(22(27)28-13-29-23)30-25(32)38-20-12-19-18(11-17(20)26)35-9-10-36-19;1-14-4-6-18(7-5-14)27(23,24)25-13-10-17-8-11-20(12-9-17)19(22)15(2)26-16(3)21;14-6-3-7-8(21-2-1-20-7)4-9(6)22-13-18-10-11(15)16-5-17-12(10)19-13/h11-14,16,27H,3-10H2,1-2H3,(H,29,30);11-14,16H,3-10H2,1-2H3,(H2,27,28,29);4-7,15,17H,8-13H2,1-3H3;3-5H,1-2H2,(H3,15,16,17,18,19)/t2*14-;15-;/m000./s1. The molecule has 4 aromatic carbocycles. The third kappa shape index (κ3) is 24.2. The molecule has 12 heterocycles. The van der Waals surface area contributed by atoms with Crippen LogP contribution in [0.15, 0.2) is 128 Å². The molecule has 0 aliphatic carbocycles. The molecule has 0 saturated carbocycles. The number of hydrogen-bond donors (Lipinski definition) is 5. The van der Waals surface area contributed by atoms with Gasteiger partial charge in [0.1, 0.15) is 63.3 Å². The molecule has 10 aromatic rings. The van der Waals surface area contributed by atoms with Crippen LogP contribution in [0.1, 0.15) is 105 Å². The molecule has 3 amide bonds. The first-order valence-corrected chi connectivity index (χ1v) is 46.8. The first-order valence-electron chi connectivity index (χ1n) is 40.6. The SMILES string of the molecule is CC(=O)O[C@@H](C)C(=O)N1CCC(CCOS(=O)(=O)c2ccc(C)cc2)CC1.CC(=O)O[C@@H](C)C(=O)N1CCC(CCn2c(Sc3cc4c(cc3Br)OCCO4)nc3c(N)ncnc32)CC1.CC(=O)O[C@@H](C)C(=O)N1CCC(CCn2cnc(=N)c3[nH]c(Sc4cc5c(cc4Br)OCCO5)nc32)CC1.Nc1ncnc2nc(Sc3cc4c(cc3Br)OCCO4)[nH]c12. The summed E-state index contributed by atoms with van der Waals surface area (Å²) in [5.41, 5.74) is 16.8. The molecule has 666 valence electrons. The summed E-state index contributed by atoms with van der Waals surface area (Å²) in [5.74, 6) is 4.33. The number of amides is 3. The number of rotatable bonds is 23. The Kier molecular flexibility index (Phi) is 31.5. The van der Waals surface area contributed by atoms with E-state index >= 15 is 0 Å². The van der Waals surface area contributed by atoms with Crippen molar-refractivity contribution < 1.29 is 84.0 Å². The van der Waals surface area contributed by atoms with Gasteiger partial charge in [0.2, 0.25) is 0 Å². The normalized spacial score (nSPS) is 16.0. The van der Waals surface area contributed by atoms with Crippen molar-refractivity contribution in [3.05, 3.63) is 104 Å². The average molecular weight is 1990 g/mol. The fraction of sp³-hybridized carbons (Fsp3) is 0.451. The summed E-state index contributed by atoms with van der Waals surface area (Å²) < 4.78 is 85.2. The molecular weight excluding hydrogens is 1890 g/mol. The third-order valence-corrected chi connectivity index (χ3v) is 28.2. The van der Waals surface area contributed by atoms with Gasteiger partial charge in [0.05, 0.1) is 17.8 Å². The largest absolute Gasteiger partial charge is 0.486 e. The molecule has 0 unspecified atom stereocenters. The van der Waals surface area contributed by atoms with Gasteiger partial charge in [-0.05, 0) is 200 Å². The molecule has 36 nitrogen and oxygen atoms in total. The summed E-state index contributed by atoms with van der Waals surface area (Å²) >= 11 is 15.2. The summed E-state index contributed by atoms with van der Waals surface area (Å²) in [4.78, 5) is 120. The van der Waals surface area contributed by atoms with Crippen LogP contribution < -0.4 is 45.4 Å². The van der Waals surface area contributed by atoms with E-state index in [1.54, 1.807) is 66.1 Å². The van der Waals surface area contributed by atoms with Crippen LogP contribution in [0.5, 0.6) is 34.5 Å². The van der Waals surface area contributed by atoms with Crippen molar-refractivity contribution >= 4 is 174 Å². The minimum absolute atomic E-state index is 0.124. The number of nitrogen functional groups attached to an aromatic ring is 2.